The van der Waals surface area contributed by atoms with E-state index in [1.807, 2.05) is 0 Å². The molecule has 2 N–H and O–H groups in total. The Morgan fingerprint density at radius 1 is 1.30 bits per heavy atom. The zero-order valence-electron chi connectivity index (χ0n) is 12.1. The number of ether oxygens (including phenoxy) is 2. The van der Waals surface area contributed by atoms with Gasteiger partial charge in [-0.2, -0.15) is 0 Å². The molecule has 1 unspecified atom stereocenters. The van der Waals surface area contributed by atoms with Crippen LogP contribution >= 0.6 is 0 Å². The predicted molar refractivity (Wildman–Crippen MR) is 68.3 cm³/mol. The van der Waals surface area contributed by atoms with Gasteiger partial charge in [-0.25, -0.2) is 14.4 Å². The second-order valence-corrected chi connectivity index (χ2v) is 5.66. The van der Waals surface area contributed by atoms with Gasteiger partial charge in [0.2, 0.25) is 0 Å². The zero-order chi connectivity index (χ0) is 15.6. The first-order valence-corrected chi connectivity index (χ1v) is 6.17. The molecule has 1 aliphatic heterocycles. The van der Waals surface area contributed by atoms with E-state index >= 15 is 0 Å². The molecule has 0 aromatic rings. The van der Waals surface area contributed by atoms with Crippen LogP contribution in [0, 0.1) is 0 Å². The summed E-state index contributed by atoms with van der Waals surface area (Å²) in [6.07, 6.45) is -1.36. The fraction of sp³-hybridized carbons (Fsp3) is 0.750. The minimum absolute atomic E-state index is 0.0939. The summed E-state index contributed by atoms with van der Waals surface area (Å²) >= 11 is 0. The third kappa shape index (κ3) is 3.75. The standard InChI is InChI=1S/C12H20N2O6/c1-11(2,3)20-9(17)13-12(8(15)16)5-6-14(7-12)10(18)19-4/h5-7H2,1-4H3,(H,13,17)(H,15,16). The first kappa shape index (κ1) is 16.1. The maximum Gasteiger partial charge on any atom is 0.409 e. The van der Waals surface area contributed by atoms with Gasteiger partial charge in [0.05, 0.1) is 13.7 Å². The molecule has 0 bridgehead atoms. The number of nitrogens with one attached hydrogen (secondary N) is 1. The van der Waals surface area contributed by atoms with E-state index in [1.54, 1.807) is 20.8 Å². The van der Waals surface area contributed by atoms with Crippen molar-refractivity contribution in [3.63, 3.8) is 0 Å². The molecule has 1 atom stereocenters. The van der Waals surface area contributed by atoms with Crippen molar-refractivity contribution in [3.05, 3.63) is 0 Å². The van der Waals surface area contributed by atoms with Gasteiger partial charge in [0, 0.05) is 13.0 Å². The monoisotopic (exact) mass is 288 g/mol. The largest absolute Gasteiger partial charge is 0.479 e. The molecular formula is C12H20N2O6. The first-order chi connectivity index (χ1) is 9.09. The van der Waals surface area contributed by atoms with E-state index < -0.39 is 29.3 Å². The maximum atomic E-state index is 11.7. The summed E-state index contributed by atoms with van der Waals surface area (Å²) in [6.45, 7) is 5.06. The van der Waals surface area contributed by atoms with Crippen LogP contribution in [0.5, 0.6) is 0 Å². The summed E-state index contributed by atoms with van der Waals surface area (Å²) in [4.78, 5) is 35.8. The number of nitrogens with zero attached hydrogens (tertiary/aromatic N) is 1. The number of carbonyl (C=O) groups is 3. The van der Waals surface area contributed by atoms with Crippen LogP contribution in [0.2, 0.25) is 0 Å². The highest BCUT2D eigenvalue weighted by molar-refractivity contribution is 5.86. The molecule has 0 spiro atoms. The SMILES string of the molecule is COC(=O)N1CCC(NC(=O)OC(C)(C)C)(C(=O)O)C1. The Hall–Kier alpha value is -1.99. The van der Waals surface area contributed by atoms with Gasteiger partial charge >= 0.3 is 18.2 Å². The van der Waals surface area contributed by atoms with E-state index in [2.05, 4.69) is 10.1 Å². The average molecular weight is 288 g/mol. The summed E-state index contributed by atoms with van der Waals surface area (Å²) in [5.74, 6) is -1.21. The number of methoxy groups -OCH3 is 1. The van der Waals surface area contributed by atoms with Crippen molar-refractivity contribution in [1.82, 2.24) is 10.2 Å². The van der Waals surface area contributed by atoms with Gasteiger partial charge < -0.3 is 24.8 Å². The minimum Gasteiger partial charge on any atom is -0.479 e. The molecule has 2 amide bonds. The van der Waals surface area contributed by atoms with Gasteiger partial charge in [-0.3, -0.25) is 0 Å². The van der Waals surface area contributed by atoms with Crippen molar-refractivity contribution in [2.24, 2.45) is 0 Å². The van der Waals surface area contributed by atoms with Crippen molar-refractivity contribution >= 4 is 18.2 Å². The van der Waals surface area contributed by atoms with Crippen LogP contribution in [-0.4, -0.2) is 59.5 Å². The number of carboxylic acid groups (broad SMARTS) is 1. The Balaban J connectivity index is 2.78. The number of alkyl carbamates (subject to hydrolysis) is 1. The fourth-order valence-electron chi connectivity index (χ4n) is 1.92. The van der Waals surface area contributed by atoms with E-state index in [0.717, 1.165) is 0 Å². The molecule has 0 aliphatic carbocycles. The minimum atomic E-state index is -1.55. The lowest BCUT2D eigenvalue weighted by atomic mass is 9.99. The summed E-state index contributed by atoms with van der Waals surface area (Å²) in [6, 6.07) is 0. The maximum absolute atomic E-state index is 11.7. The number of aliphatic carboxylic acids is 1. The van der Waals surface area contributed by atoms with Crippen LogP contribution in [-0.2, 0) is 14.3 Å². The van der Waals surface area contributed by atoms with Crippen molar-refractivity contribution in [1.29, 1.82) is 0 Å². The van der Waals surface area contributed by atoms with E-state index in [1.165, 1.54) is 12.0 Å². The Kier molecular flexibility index (Phi) is 4.46. The highest BCUT2D eigenvalue weighted by Gasteiger charge is 2.48. The van der Waals surface area contributed by atoms with Gasteiger partial charge in [-0.15, -0.1) is 0 Å². The molecule has 1 rings (SSSR count). The second-order valence-electron chi connectivity index (χ2n) is 5.66. The Morgan fingerprint density at radius 2 is 1.90 bits per heavy atom. The summed E-state index contributed by atoms with van der Waals surface area (Å²) < 4.78 is 9.59. The molecule has 0 aromatic heterocycles. The molecule has 114 valence electrons. The lowest BCUT2D eigenvalue weighted by Gasteiger charge is -2.28. The van der Waals surface area contributed by atoms with Crippen LogP contribution in [0.4, 0.5) is 9.59 Å². The van der Waals surface area contributed by atoms with Crippen molar-refractivity contribution in [2.75, 3.05) is 20.2 Å². The van der Waals surface area contributed by atoms with Crippen LogP contribution < -0.4 is 5.32 Å². The third-order valence-corrected chi connectivity index (χ3v) is 2.85. The molecule has 8 heteroatoms. The molecule has 0 saturated carbocycles. The highest BCUT2D eigenvalue weighted by atomic mass is 16.6. The number of hydrogen-bond donors (Lipinski definition) is 2. The summed E-state index contributed by atoms with van der Waals surface area (Å²) in [7, 11) is 1.21. The molecule has 1 heterocycles. The van der Waals surface area contributed by atoms with E-state index in [9.17, 15) is 19.5 Å². The molecule has 0 radical (unpaired) electrons. The van der Waals surface area contributed by atoms with Crippen LogP contribution in [0.25, 0.3) is 0 Å². The second kappa shape index (κ2) is 5.56. The summed E-state index contributed by atoms with van der Waals surface area (Å²) in [5, 5.41) is 11.7. The lowest BCUT2D eigenvalue weighted by molar-refractivity contribution is -0.144. The van der Waals surface area contributed by atoms with Gasteiger partial charge in [0.25, 0.3) is 0 Å². The number of likely N-dealkylation sites (tertiary alicyclic amines) is 1. The zero-order valence-corrected chi connectivity index (χ0v) is 12.1. The highest BCUT2D eigenvalue weighted by Crippen LogP contribution is 2.23. The lowest BCUT2D eigenvalue weighted by Crippen LogP contribution is -2.57. The first-order valence-electron chi connectivity index (χ1n) is 6.17. The Bertz CT molecular complexity index is 417. The summed E-state index contributed by atoms with van der Waals surface area (Å²) in [5.41, 5.74) is -2.28. The van der Waals surface area contributed by atoms with Crippen molar-refractivity contribution in [2.45, 2.75) is 38.3 Å². The number of amides is 2. The molecular weight excluding hydrogens is 268 g/mol. The van der Waals surface area contributed by atoms with E-state index in [-0.39, 0.29) is 19.5 Å². The molecule has 1 aliphatic rings. The molecule has 1 saturated heterocycles. The van der Waals surface area contributed by atoms with Crippen LogP contribution in [0.1, 0.15) is 27.2 Å². The van der Waals surface area contributed by atoms with Crippen molar-refractivity contribution < 1.29 is 29.0 Å². The van der Waals surface area contributed by atoms with E-state index in [0.29, 0.717) is 0 Å². The van der Waals surface area contributed by atoms with Gasteiger partial charge in [-0.05, 0) is 20.8 Å². The third-order valence-electron chi connectivity index (χ3n) is 2.85. The number of carboxylic acids is 1. The van der Waals surface area contributed by atoms with E-state index in [4.69, 9.17) is 4.74 Å². The quantitative estimate of drug-likeness (QED) is 0.779. The molecule has 0 aromatic carbocycles. The topological polar surface area (TPSA) is 105 Å². The van der Waals surface area contributed by atoms with Crippen LogP contribution in [0.3, 0.4) is 0 Å². The number of hydrogen-bond acceptors (Lipinski definition) is 5. The Morgan fingerprint density at radius 3 is 2.35 bits per heavy atom. The molecule has 20 heavy (non-hydrogen) atoms. The van der Waals surface area contributed by atoms with Gasteiger partial charge in [0.15, 0.2) is 5.54 Å². The smallest absolute Gasteiger partial charge is 0.409 e. The number of carbonyl (C=O) groups excluding carboxylic acids is 2. The van der Waals surface area contributed by atoms with Crippen molar-refractivity contribution in [3.8, 4) is 0 Å². The molecule has 1 fully saturated rings. The number of rotatable bonds is 2. The Labute approximate surface area is 117 Å². The predicted octanol–water partition coefficient (Wildman–Crippen LogP) is 0.807. The van der Waals surface area contributed by atoms with Gasteiger partial charge in [-0.1, -0.05) is 0 Å². The van der Waals surface area contributed by atoms with Gasteiger partial charge in [0.1, 0.15) is 5.60 Å². The normalized spacial score (nSPS) is 22.3. The van der Waals surface area contributed by atoms with Crippen LogP contribution in [0.15, 0.2) is 0 Å². The molecule has 8 nitrogen and oxygen atoms in total. The fourth-order valence-corrected chi connectivity index (χ4v) is 1.92. The average Bonchev–Trinajstić information content (AvgIpc) is 2.70.